The Morgan fingerprint density at radius 1 is 1.39 bits per heavy atom. The lowest BCUT2D eigenvalue weighted by Gasteiger charge is -2.33. The maximum Gasteiger partial charge on any atom is 0.264 e. The Kier molecular flexibility index (Phi) is 3.89. The van der Waals surface area contributed by atoms with Crippen LogP contribution in [0.3, 0.4) is 0 Å². The van der Waals surface area contributed by atoms with Gasteiger partial charge in [0.25, 0.3) is 5.91 Å². The molecular weight excluding hydrogens is 326 g/mol. The summed E-state index contributed by atoms with van der Waals surface area (Å²) in [6.07, 6.45) is 3.70. The van der Waals surface area contributed by atoms with Crippen molar-refractivity contribution in [3.63, 3.8) is 0 Å². The van der Waals surface area contributed by atoms with Crippen LogP contribution < -0.4 is 0 Å². The van der Waals surface area contributed by atoms with E-state index in [0.717, 1.165) is 32.4 Å². The van der Waals surface area contributed by atoms with Gasteiger partial charge in [0, 0.05) is 27.7 Å². The molecule has 1 saturated carbocycles. The van der Waals surface area contributed by atoms with Crippen molar-refractivity contribution in [2.24, 2.45) is 17.8 Å². The predicted molar refractivity (Wildman–Crippen MR) is 97.3 cm³/mol. The molecular formula is C19H22ClNOS. The molecule has 0 spiro atoms. The molecule has 2 heterocycles. The van der Waals surface area contributed by atoms with E-state index in [0.29, 0.717) is 17.9 Å². The van der Waals surface area contributed by atoms with Crippen LogP contribution in [0.2, 0.25) is 5.02 Å². The molecule has 2 fully saturated rings. The molecule has 2 bridgehead atoms. The zero-order valence-electron chi connectivity index (χ0n) is 13.6. The van der Waals surface area contributed by atoms with Crippen molar-refractivity contribution >= 4 is 38.9 Å². The zero-order valence-corrected chi connectivity index (χ0v) is 15.2. The number of thiophene rings is 1. The molecule has 2 aromatic rings. The second-order valence-electron chi connectivity index (χ2n) is 7.15. The number of hydrogen-bond donors (Lipinski definition) is 0. The Labute approximate surface area is 146 Å². The first-order valence-electron chi connectivity index (χ1n) is 8.57. The van der Waals surface area contributed by atoms with Crippen molar-refractivity contribution in [3.05, 3.63) is 34.2 Å². The topological polar surface area (TPSA) is 20.3 Å². The fourth-order valence-electron chi connectivity index (χ4n) is 4.49. The summed E-state index contributed by atoms with van der Waals surface area (Å²) < 4.78 is 1.10. The van der Waals surface area contributed by atoms with Crippen molar-refractivity contribution in [2.75, 3.05) is 6.54 Å². The van der Waals surface area contributed by atoms with Crippen molar-refractivity contribution in [3.8, 4) is 0 Å². The van der Waals surface area contributed by atoms with Gasteiger partial charge >= 0.3 is 0 Å². The molecule has 1 saturated heterocycles. The van der Waals surface area contributed by atoms with Gasteiger partial charge in [0.2, 0.25) is 0 Å². The molecule has 0 N–H and O–H groups in total. The smallest absolute Gasteiger partial charge is 0.264 e. The molecule has 0 radical (unpaired) electrons. The first-order chi connectivity index (χ1) is 11.1. The highest BCUT2D eigenvalue weighted by Crippen LogP contribution is 2.45. The normalized spacial score (nSPS) is 30.1. The summed E-state index contributed by atoms with van der Waals surface area (Å²) in [5, 5.41) is 1.74. The number of amides is 1. The Bertz CT molecular complexity index is 755. The maximum absolute atomic E-state index is 13.1. The van der Waals surface area contributed by atoms with Crippen LogP contribution in [0.4, 0.5) is 0 Å². The average molecular weight is 348 g/mol. The van der Waals surface area contributed by atoms with Gasteiger partial charge in [0.1, 0.15) is 0 Å². The molecule has 0 unspecified atom stereocenters. The molecule has 1 aromatic heterocycles. The fraction of sp³-hybridized carbons (Fsp3) is 0.526. The second-order valence-corrected chi connectivity index (χ2v) is 8.64. The maximum atomic E-state index is 13.1. The van der Waals surface area contributed by atoms with Crippen molar-refractivity contribution in [1.82, 2.24) is 4.90 Å². The minimum atomic E-state index is 0.207. The number of carbonyl (C=O) groups excluding carboxylic acids is 1. The number of hydrogen-bond acceptors (Lipinski definition) is 2. The summed E-state index contributed by atoms with van der Waals surface area (Å²) in [6, 6.07) is 8.29. The van der Waals surface area contributed by atoms with E-state index in [4.69, 9.17) is 11.6 Å². The van der Waals surface area contributed by atoms with Gasteiger partial charge in [-0.15, -0.1) is 11.3 Å². The van der Waals surface area contributed by atoms with Gasteiger partial charge in [0.15, 0.2) is 0 Å². The van der Waals surface area contributed by atoms with Crippen LogP contribution in [0, 0.1) is 17.8 Å². The highest BCUT2D eigenvalue weighted by molar-refractivity contribution is 7.20. The van der Waals surface area contributed by atoms with Gasteiger partial charge in [-0.25, -0.2) is 0 Å². The van der Waals surface area contributed by atoms with E-state index in [1.807, 2.05) is 24.3 Å². The zero-order chi connectivity index (χ0) is 16.1. The molecule has 4 atom stereocenters. The van der Waals surface area contributed by atoms with Crippen LogP contribution in [0.1, 0.15) is 42.8 Å². The third-order valence-corrected chi connectivity index (χ3v) is 7.37. The number of halogens is 1. The standard InChI is InChI=1S/C19H22ClNOS/c1-3-12-7-13-10-21(16(8-12)11(13)2)19(22)18-9-14-15(20)5-4-6-17(14)23-18/h4-6,9,11-13,16H,3,7-8,10H2,1-2H3/t11-,12+,13-,16-/m1/s1. The summed E-state index contributed by atoms with van der Waals surface area (Å²) in [7, 11) is 0. The number of rotatable bonds is 2. The monoisotopic (exact) mass is 347 g/mol. The van der Waals surface area contributed by atoms with Crippen molar-refractivity contribution in [1.29, 1.82) is 0 Å². The van der Waals surface area contributed by atoms with E-state index in [1.54, 1.807) is 11.3 Å². The van der Waals surface area contributed by atoms with Crippen LogP contribution in [-0.2, 0) is 0 Å². The van der Waals surface area contributed by atoms with Crippen LogP contribution >= 0.6 is 22.9 Å². The summed E-state index contributed by atoms with van der Waals surface area (Å²) in [6.45, 7) is 5.54. The lowest BCUT2D eigenvalue weighted by atomic mass is 9.74. The van der Waals surface area contributed by atoms with Gasteiger partial charge in [-0.1, -0.05) is 37.9 Å². The molecule has 1 amide bonds. The molecule has 2 aliphatic rings. The lowest BCUT2D eigenvalue weighted by Crippen LogP contribution is -2.38. The molecule has 4 rings (SSSR count). The van der Waals surface area contributed by atoms with Crippen LogP contribution in [0.15, 0.2) is 24.3 Å². The first-order valence-corrected chi connectivity index (χ1v) is 9.77. The molecule has 1 aliphatic carbocycles. The minimum absolute atomic E-state index is 0.207. The molecule has 23 heavy (non-hydrogen) atoms. The predicted octanol–water partition coefficient (Wildman–Crippen LogP) is 5.45. The summed E-state index contributed by atoms with van der Waals surface area (Å²) in [4.78, 5) is 16.1. The Hall–Kier alpha value is -1.06. The summed E-state index contributed by atoms with van der Waals surface area (Å²) in [5.74, 6) is 2.31. The highest BCUT2D eigenvalue weighted by atomic mass is 35.5. The Balaban J connectivity index is 1.65. The Morgan fingerprint density at radius 2 is 2.22 bits per heavy atom. The van der Waals surface area contributed by atoms with E-state index in [2.05, 4.69) is 18.7 Å². The van der Waals surface area contributed by atoms with Gasteiger partial charge in [-0.2, -0.15) is 0 Å². The van der Waals surface area contributed by atoms with Crippen LogP contribution in [0.5, 0.6) is 0 Å². The van der Waals surface area contributed by atoms with Gasteiger partial charge in [-0.05, 0) is 48.8 Å². The van der Waals surface area contributed by atoms with Gasteiger partial charge < -0.3 is 4.90 Å². The van der Waals surface area contributed by atoms with Crippen LogP contribution in [0.25, 0.3) is 10.1 Å². The number of benzene rings is 1. The molecule has 4 heteroatoms. The van der Waals surface area contributed by atoms with E-state index in [1.165, 1.54) is 19.3 Å². The number of carbonyl (C=O) groups is 1. The fourth-order valence-corrected chi connectivity index (χ4v) is 5.82. The SMILES string of the molecule is CC[C@H]1C[C@@H]2CN(C(=O)c3cc4c(Cl)cccc4s3)[C@H](C1)[C@@H]2C. The third-order valence-electron chi connectivity index (χ3n) is 5.95. The number of likely N-dealkylation sites (tertiary alicyclic amines) is 1. The van der Waals surface area contributed by atoms with E-state index in [-0.39, 0.29) is 5.91 Å². The van der Waals surface area contributed by atoms with E-state index < -0.39 is 0 Å². The lowest BCUT2D eigenvalue weighted by molar-refractivity contribution is 0.0703. The molecule has 2 nitrogen and oxygen atoms in total. The molecule has 1 aliphatic heterocycles. The molecule has 122 valence electrons. The van der Waals surface area contributed by atoms with E-state index >= 15 is 0 Å². The summed E-state index contributed by atoms with van der Waals surface area (Å²) >= 11 is 7.84. The third kappa shape index (κ3) is 2.49. The van der Waals surface area contributed by atoms with Crippen molar-refractivity contribution in [2.45, 2.75) is 39.2 Å². The van der Waals surface area contributed by atoms with Crippen molar-refractivity contribution < 1.29 is 4.79 Å². The quantitative estimate of drug-likeness (QED) is 0.707. The highest BCUT2D eigenvalue weighted by Gasteiger charge is 2.46. The second kappa shape index (κ2) is 5.78. The number of nitrogens with zero attached hydrogens (tertiary/aromatic N) is 1. The number of fused-ring (bicyclic) bond motifs is 3. The van der Waals surface area contributed by atoms with Gasteiger partial charge in [0.05, 0.1) is 4.88 Å². The minimum Gasteiger partial charge on any atom is -0.334 e. The first kappa shape index (κ1) is 15.5. The Morgan fingerprint density at radius 3 is 2.96 bits per heavy atom. The average Bonchev–Trinajstić information content (AvgIpc) is 3.04. The van der Waals surface area contributed by atoms with E-state index in [9.17, 15) is 4.79 Å². The van der Waals surface area contributed by atoms with Gasteiger partial charge in [-0.3, -0.25) is 4.79 Å². The molecule has 1 aromatic carbocycles. The largest absolute Gasteiger partial charge is 0.334 e. The summed E-state index contributed by atoms with van der Waals surface area (Å²) in [5.41, 5.74) is 0. The van der Waals surface area contributed by atoms with Crippen LogP contribution in [-0.4, -0.2) is 23.4 Å².